The first-order chi connectivity index (χ1) is 14.1. The third-order valence-corrected chi connectivity index (χ3v) is 6.93. The van der Waals surface area contributed by atoms with Crippen molar-refractivity contribution in [1.82, 2.24) is 0 Å². The van der Waals surface area contributed by atoms with Gasteiger partial charge in [-0.15, -0.1) is 0 Å². The lowest BCUT2D eigenvalue weighted by atomic mass is 9.80. The van der Waals surface area contributed by atoms with E-state index in [4.69, 9.17) is 4.74 Å². The Morgan fingerprint density at radius 1 is 0.793 bits per heavy atom. The van der Waals surface area contributed by atoms with Crippen molar-refractivity contribution in [2.45, 2.75) is 26.0 Å². The molecule has 0 saturated heterocycles. The zero-order valence-electron chi connectivity index (χ0n) is 16.5. The van der Waals surface area contributed by atoms with E-state index in [2.05, 4.69) is 91.3 Å². The minimum Gasteiger partial charge on any atom is -0.434 e. The molecule has 1 aliphatic carbocycles. The molecule has 5 aromatic rings. The lowest BCUT2D eigenvalue weighted by Crippen LogP contribution is -2.42. The number of rotatable bonds is 0. The van der Waals surface area contributed by atoms with E-state index >= 15 is 0 Å². The molecule has 2 nitrogen and oxygen atoms in total. The second kappa shape index (κ2) is 4.96. The fraction of sp³-hybridized carbons (Fsp3) is 0.148. The van der Waals surface area contributed by atoms with Crippen molar-refractivity contribution in [3.63, 3.8) is 0 Å². The summed E-state index contributed by atoms with van der Waals surface area (Å²) in [6.45, 7) is 5.28. The van der Waals surface area contributed by atoms with Crippen LogP contribution < -0.4 is 9.30 Å². The molecule has 2 heterocycles. The number of benzene rings is 4. The number of pyridine rings is 1. The minimum atomic E-state index is -0.0825. The normalized spacial score (nSPS) is 15.7. The number of fused-ring (bicyclic) bond motifs is 6. The summed E-state index contributed by atoms with van der Waals surface area (Å²) in [4.78, 5) is 0. The number of hydrogen-bond donors (Lipinski definition) is 0. The molecule has 0 spiro atoms. The zero-order valence-corrected chi connectivity index (χ0v) is 16.5. The molecular formula is C27H20NO+. The summed E-state index contributed by atoms with van der Waals surface area (Å²) >= 11 is 0. The Hall–Kier alpha value is -3.39. The van der Waals surface area contributed by atoms with Crippen LogP contribution in [-0.2, 0) is 12.1 Å². The van der Waals surface area contributed by atoms with E-state index < -0.39 is 0 Å². The van der Waals surface area contributed by atoms with Crippen molar-refractivity contribution in [2.24, 2.45) is 0 Å². The van der Waals surface area contributed by atoms with Gasteiger partial charge in [0.25, 0.3) is 6.73 Å². The monoisotopic (exact) mass is 374 g/mol. The molecule has 0 amide bonds. The predicted octanol–water partition coefficient (Wildman–Crippen LogP) is 6.09. The van der Waals surface area contributed by atoms with Gasteiger partial charge in [-0.25, -0.2) is 0 Å². The maximum atomic E-state index is 6.43. The number of aromatic nitrogens is 1. The van der Waals surface area contributed by atoms with Crippen molar-refractivity contribution in [1.29, 1.82) is 0 Å². The first kappa shape index (κ1) is 15.5. The van der Waals surface area contributed by atoms with E-state index in [9.17, 15) is 0 Å². The van der Waals surface area contributed by atoms with Gasteiger partial charge in [-0.2, -0.15) is 4.57 Å². The standard InChI is InChI=1S/C27H20NO/c1-27(2)22-13-21-18-9-5-3-7-16(18)11-12-20(21)26-23(22)25-24(27)19-10-6-4-8-17(19)14-28(25)15-29-26/h3-14H,15H2,1-2H3/q+1. The molecule has 1 aromatic heterocycles. The first-order valence-corrected chi connectivity index (χ1v) is 10.2. The summed E-state index contributed by atoms with van der Waals surface area (Å²) in [5.41, 5.74) is 5.33. The Morgan fingerprint density at radius 3 is 2.41 bits per heavy atom. The van der Waals surface area contributed by atoms with E-state index in [1.807, 2.05) is 0 Å². The van der Waals surface area contributed by atoms with Crippen LogP contribution >= 0.6 is 0 Å². The summed E-state index contributed by atoms with van der Waals surface area (Å²) in [5.74, 6) is 1.05. The largest absolute Gasteiger partial charge is 0.434 e. The number of hydrogen-bond acceptors (Lipinski definition) is 1. The van der Waals surface area contributed by atoms with Gasteiger partial charge in [-0.3, -0.25) is 0 Å². The van der Waals surface area contributed by atoms with Crippen LogP contribution in [0.5, 0.6) is 5.75 Å². The van der Waals surface area contributed by atoms with Gasteiger partial charge >= 0.3 is 0 Å². The van der Waals surface area contributed by atoms with Crippen LogP contribution in [0.1, 0.15) is 25.0 Å². The smallest absolute Gasteiger partial charge is 0.292 e. The van der Waals surface area contributed by atoms with Gasteiger partial charge in [-0.1, -0.05) is 62.4 Å². The Kier molecular flexibility index (Phi) is 2.65. The Morgan fingerprint density at radius 2 is 1.55 bits per heavy atom. The Bertz CT molecular complexity index is 1530. The van der Waals surface area contributed by atoms with Crippen molar-refractivity contribution >= 4 is 32.3 Å². The van der Waals surface area contributed by atoms with E-state index in [1.54, 1.807) is 0 Å². The quantitative estimate of drug-likeness (QED) is 0.236. The van der Waals surface area contributed by atoms with Crippen molar-refractivity contribution in [2.75, 3.05) is 0 Å². The van der Waals surface area contributed by atoms with Gasteiger partial charge in [0.1, 0.15) is 5.75 Å². The Labute approximate surface area is 169 Å². The maximum Gasteiger partial charge on any atom is 0.292 e. The number of nitrogens with zero attached hydrogens (tertiary/aromatic N) is 1. The predicted molar refractivity (Wildman–Crippen MR) is 117 cm³/mol. The SMILES string of the molecule is CC1(C)c2cc3c(ccc4ccccc43)c3c2-c2c1c1ccccc1c[n+]2CO3. The molecule has 29 heavy (non-hydrogen) atoms. The van der Waals surface area contributed by atoms with Gasteiger partial charge in [0.15, 0.2) is 6.20 Å². The van der Waals surface area contributed by atoms with Crippen LogP contribution in [-0.4, -0.2) is 0 Å². The van der Waals surface area contributed by atoms with Crippen LogP contribution in [0.3, 0.4) is 0 Å². The van der Waals surface area contributed by atoms with E-state index in [1.165, 1.54) is 54.7 Å². The lowest BCUT2D eigenvalue weighted by molar-refractivity contribution is -0.716. The molecule has 0 fully saturated rings. The fourth-order valence-electron chi connectivity index (χ4n) is 5.61. The number of ether oxygens (including phenoxy) is 1. The molecule has 0 N–H and O–H groups in total. The molecule has 7 rings (SSSR count). The van der Waals surface area contributed by atoms with Crippen LogP contribution in [0.25, 0.3) is 43.6 Å². The van der Waals surface area contributed by atoms with E-state index in [0.717, 1.165) is 5.75 Å². The molecule has 0 radical (unpaired) electrons. The van der Waals surface area contributed by atoms with Gasteiger partial charge in [0, 0.05) is 21.8 Å². The summed E-state index contributed by atoms with van der Waals surface area (Å²) in [6.07, 6.45) is 2.24. The molecule has 0 atom stereocenters. The van der Waals surface area contributed by atoms with Crippen molar-refractivity contribution in [3.05, 3.63) is 84.1 Å². The summed E-state index contributed by atoms with van der Waals surface area (Å²) in [6, 6.07) is 24.3. The van der Waals surface area contributed by atoms with Gasteiger partial charge in [-0.05, 0) is 45.3 Å². The molecule has 0 bridgehead atoms. The van der Waals surface area contributed by atoms with Gasteiger partial charge < -0.3 is 4.74 Å². The van der Waals surface area contributed by atoms with E-state index in [-0.39, 0.29) is 5.41 Å². The van der Waals surface area contributed by atoms with Crippen LogP contribution in [0.2, 0.25) is 0 Å². The molecule has 2 aliphatic rings. The summed E-state index contributed by atoms with van der Waals surface area (Å²) < 4.78 is 8.73. The molecule has 0 saturated carbocycles. The van der Waals surface area contributed by atoms with Crippen molar-refractivity contribution in [3.8, 4) is 17.0 Å². The highest BCUT2D eigenvalue weighted by Gasteiger charge is 2.47. The third-order valence-electron chi connectivity index (χ3n) is 6.93. The molecular weight excluding hydrogens is 354 g/mol. The minimum absolute atomic E-state index is 0.0825. The average Bonchev–Trinajstić information content (AvgIpc) is 2.99. The topological polar surface area (TPSA) is 13.1 Å². The van der Waals surface area contributed by atoms with Crippen molar-refractivity contribution < 1.29 is 9.30 Å². The van der Waals surface area contributed by atoms with Crippen LogP contribution in [0.15, 0.2) is 72.9 Å². The first-order valence-electron chi connectivity index (χ1n) is 10.2. The van der Waals surface area contributed by atoms with E-state index in [0.29, 0.717) is 6.73 Å². The lowest BCUT2D eigenvalue weighted by Gasteiger charge is -2.22. The second-order valence-corrected chi connectivity index (χ2v) is 8.82. The molecule has 138 valence electrons. The fourth-order valence-corrected chi connectivity index (χ4v) is 5.61. The third kappa shape index (κ3) is 1.76. The summed E-state index contributed by atoms with van der Waals surface area (Å²) in [5, 5.41) is 7.69. The zero-order chi connectivity index (χ0) is 19.3. The Balaban J connectivity index is 1.72. The molecule has 1 aliphatic heterocycles. The molecule has 0 unspecified atom stereocenters. The van der Waals surface area contributed by atoms with Gasteiger partial charge in [0.05, 0.1) is 5.56 Å². The molecule has 4 aromatic carbocycles. The highest BCUT2D eigenvalue weighted by atomic mass is 16.5. The highest BCUT2D eigenvalue weighted by molar-refractivity contribution is 6.13. The summed E-state index contributed by atoms with van der Waals surface area (Å²) in [7, 11) is 0. The van der Waals surface area contributed by atoms with Gasteiger partial charge in [0.2, 0.25) is 5.69 Å². The van der Waals surface area contributed by atoms with Crippen LogP contribution in [0, 0.1) is 0 Å². The highest BCUT2D eigenvalue weighted by Crippen LogP contribution is 2.56. The van der Waals surface area contributed by atoms with Crippen LogP contribution in [0.4, 0.5) is 0 Å². The molecule has 2 heteroatoms. The average molecular weight is 374 g/mol. The second-order valence-electron chi connectivity index (χ2n) is 8.82. The maximum absolute atomic E-state index is 6.43.